The topological polar surface area (TPSA) is 44.4 Å². The molecule has 1 amide bonds. The van der Waals surface area contributed by atoms with Gasteiger partial charge in [-0.05, 0) is 38.4 Å². The van der Waals surface area contributed by atoms with Crippen LogP contribution >= 0.6 is 0 Å². The second-order valence-corrected chi connectivity index (χ2v) is 5.76. The summed E-state index contributed by atoms with van der Waals surface area (Å²) < 4.78 is 0. The molecule has 1 aliphatic rings. The molecule has 0 aromatic heterocycles. The van der Waals surface area contributed by atoms with Crippen LogP contribution in [-0.4, -0.2) is 43.0 Å². The van der Waals surface area contributed by atoms with Gasteiger partial charge in [0.1, 0.15) is 0 Å². The maximum Gasteiger partial charge on any atom is 0.234 e. The van der Waals surface area contributed by atoms with Gasteiger partial charge >= 0.3 is 0 Å². The van der Waals surface area contributed by atoms with E-state index in [-0.39, 0.29) is 11.9 Å². The van der Waals surface area contributed by atoms with E-state index < -0.39 is 0 Å². The van der Waals surface area contributed by atoms with E-state index in [1.54, 1.807) is 0 Å². The van der Waals surface area contributed by atoms with E-state index >= 15 is 0 Å². The zero-order valence-corrected chi connectivity index (χ0v) is 13.1. The van der Waals surface area contributed by atoms with E-state index in [2.05, 4.69) is 22.5 Å². The van der Waals surface area contributed by atoms with Gasteiger partial charge in [-0.2, -0.15) is 0 Å². The minimum atomic E-state index is 0.0573. The number of rotatable bonds is 6. The van der Waals surface area contributed by atoms with Gasteiger partial charge in [-0.25, -0.2) is 0 Å². The standard InChI is InChI=1S/C17H27N3O/c1-3-20(16-10-7-11-18-12-16)13-17(21)19-14(2)15-8-5-4-6-9-15/h4-6,8-9,14,16,18H,3,7,10-13H2,1-2H3,(H,19,21). The van der Waals surface area contributed by atoms with Gasteiger partial charge in [0.25, 0.3) is 0 Å². The fourth-order valence-electron chi connectivity index (χ4n) is 2.94. The Morgan fingerprint density at radius 2 is 2.19 bits per heavy atom. The Morgan fingerprint density at radius 3 is 2.81 bits per heavy atom. The molecule has 4 nitrogen and oxygen atoms in total. The lowest BCUT2D eigenvalue weighted by atomic mass is 10.1. The van der Waals surface area contributed by atoms with Crippen molar-refractivity contribution in [1.29, 1.82) is 0 Å². The number of amides is 1. The third kappa shape index (κ3) is 4.83. The maximum absolute atomic E-state index is 12.3. The summed E-state index contributed by atoms with van der Waals surface area (Å²) >= 11 is 0. The monoisotopic (exact) mass is 289 g/mol. The Labute approximate surface area is 127 Å². The highest BCUT2D eigenvalue weighted by atomic mass is 16.2. The second kappa shape index (κ2) is 8.15. The van der Waals surface area contributed by atoms with E-state index in [1.807, 2.05) is 37.3 Å². The predicted octanol–water partition coefficient (Wildman–Crippen LogP) is 1.94. The second-order valence-electron chi connectivity index (χ2n) is 5.76. The molecule has 1 aromatic carbocycles. The fraction of sp³-hybridized carbons (Fsp3) is 0.588. The predicted molar refractivity (Wildman–Crippen MR) is 86.1 cm³/mol. The van der Waals surface area contributed by atoms with Crippen LogP contribution in [-0.2, 0) is 4.79 Å². The van der Waals surface area contributed by atoms with Crippen molar-refractivity contribution in [3.05, 3.63) is 35.9 Å². The number of hydrogen-bond donors (Lipinski definition) is 2. The van der Waals surface area contributed by atoms with Gasteiger partial charge in [-0.1, -0.05) is 37.3 Å². The van der Waals surface area contributed by atoms with Gasteiger partial charge in [0, 0.05) is 12.6 Å². The lowest BCUT2D eigenvalue weighted by molar-refractivity contribution is -0.123. The number of benzene rings is 1. The zero-order valence-electron chi connectivity index (χ0n) is 13.1. The van der Waals surface area contributed by atoms with Crippen LogP contribution in [0.15, 0.2) is 30.3 Å². The highest BCUT2D eigenvalue weighted by molar-refractivity contribution is 5.78. The van der Waals surface area contributed by atoms with Crippen molar-refractivity contribution in [1.82, 2.24) is 15.5 Å². The van der Waals surface area contributed by atoms with E-state index in [4.69, 9.17) is 0 Å². The van der Waals surface area contributed by atoms with Crippen LogP contribution in [0.3, 0.4) is 0 Å². The lowest BCUT2D eigenvalue weighted by Crippen LogP contribution is -2.49. The van der Waals surface area contributed by atoms with Crippen LogP contribution in [0.1, 0.15) is 38.3 Å². The van der Waals surface area contributed by atoms with Crippen molar-refractivity contribution < 1.29 is 4.79 Å². The van der Waals surface area contributed by atoms with Crippen molar-refractivity contribution in [2.24, 2.45) is 0 Å². The van der Waals surface area contributed by atoms with Gasteiger partial charge in [-0.15, -0.1) is 0 Å². The summed E-state index contributed by atoms with van der Waals surface area (Å²) in [6.45, 7) is 7.66. The maximum atomic E-state index is 12.3. The fourth-order valence-corrected chi connectivity index (χ4v) is 2.94. The highest BCUT2D eigenvalue weighted by Crippen LogP contribution is 2.12. The van der Waals surface area contributed by atoms with Gasteiger partial charge in [0.2, 0.25) is 5.91 Å². The summed E-state index contributed by atoms with van der Waals surface area (Å²) in [6, 6.07) is 10.6. The third-order valence-corrected chi connectivity index (χ3v) is 4.22. The molecule has 2 atom stereocenters. The van der Waals surface area contributed by atoms with E-state index in [0.717, 1.165) is 25.2 Å². The molecule has 1 aliphatic heterocycles. The number of hydrogen-bond acceptors (Lipinski definition) is 3. The highest BCUT2D eigenvalue weighted by Gasteiger charge is 2.22. The number of carbonyl (C=O) groups excluding carboxylic acids is 1. The van der Waals surface area contributed by atoms with E-state index in [9.17, 15) is 4.79 Å². The quantitative estimate of drug-likeness (QED) is 0.841. The number of likely N-dealkylation sites (N-methyl/N-ethyl adjacent to an activating group) is 1. The summed E-state index contributed by atoms with van der Waals surface area (Å²) in [6.07, 6.45) is 2.38. The van der Waals surface area contributed by atoms with Crippen molar-refractivity contribution in [2.45, 2.75) is 38.8 Å². The molecule has 0 saturated carbocycles. The Morgan fingerprint density at radius 1 is 1.43 bits per heavy atom. The SMILES string of the molecule is CCN(CC(=O)NC(C)c1ccccc1)C1CCCNC1. The Balaban J connectivity index is 1.84. The largest absolute Gasteiger partial charge is 0.348 e. The van der Waals surface area contributed by atoms with Gasteiger partial charge in [0.15, 0.2) is 0 Å². The molecule has 0 aliphatic carbocycles. The van der Waals surface area contributed by atoms with E-state index in [1.165, 1.54) is 12.8 Å². The molecule has 1 saturated heterocycles. The molecule has 0 spiro atoms. The smallest absolute Gasteiger partial charge is 0.234 e. The summed E-state index contributed by atoms with van der Waals surface area (Å²) in [7, 11) is 0. The molecule has 1 aromatic rings. The summed E-state index contributed by atoms with van der Waals surface area (Å²) in [5, 5.41) is 6.52. The lowest BCUT2D eigenvalue weighted by Gasteiger charge is -2.33. The first kappa shape index (κ1) is 16.0. The minimum absolute atomic E-state index is 0.0573. The molecule has 1 fully saturated rings. The first-order valence-corrected chi connectivity index (χ1v) is 7.99. The Bertz CT molecular complexity index is 429. The van der Waals surface area contributed by atoms with Crippen LogP contribution in [0.2, 0.25) is 0 Å². The van der Waals surface area contributed by atoms with Gasteiger partial charge in [0.05, 0.1) is 12.6 Å². The van der Waals surface area contributed by atoms with Crippen LogP contribution in [0.4, 0.5) is 0 Å². The first-order valence-electron chi connectivity index (χ1n) is 7.99. The minimum Gasteiger partial charge on any atom is -0.348 e. The summed E-state index contributed by atoms with van der Waals surface area (Å²) in [4.78, 5) is 14.5. The molecule has 2 N–H and O–H groups in total. The average Bonchev–Trinajstić information content (AvgIpc) is 2.54. The number of nitrogens with zero attached hydrogens (tertiary/aromatic N) is 1. The molecule has 1 heterocycles. The number of carbonyl (C=O) groups is 1. The molecule has 21 heavy (non-hydrogen) atoms. The molecule has 0 bridgehead atoms. The molecular formula is C17H27N3O. The number of piperidine rings is 1. The first-order chi connectivity index (χ1) is 10.2. The third-order valence-electron chi connectivity index (χ3n) is 4.22. The molecule has 116 valence electrons. The van der Waals surface area contributed by atoms with Crippen molar-refractivity contribution in [2.75, 3.05) is 26.2 Å². The Kier molecular flexibility index (Phi) is 6.21. The summed E-state index contributed by atoms with van der Waals surface area (Å²) in [5.74, 6) is 0.110. The molecule has 4 heteroatoms. The summed E-state index contributed by atoms with van der Waals surface area (Å²) in [5.41, 5.74) is 1.15. The van der Waals surface area contributed by atoms with Crippen LogP contribution in [0.5, 0.6) is 0 Å². The van der Waals surface area contributed by atoms with Crippen molar-refractivity contribution in [3.63, 3.8) is 0 Å². The van der Waals surface area contributed by atoms with E-state index in [0.29, 0.717) is 12.6 Å². The van der Waals surface area contributed by atoms with Crippen molar-refractivity contribution in [3.8, 4) is 0 Å². The normalized spacial score (nSPS) is 20.2. The van der Waals surface area contributed by atoms with Crippen molar-refractivity contribution >= 4 is 5.91 Å². The number of nitrogens with one attached hydrogen (secondary N) is 2. The zero-order chi connectivity index (χ0) is 15.1. The Hall–Kier alpha value is -1.39. The van der Waals surface area contributed by atoms with Gasteiger partial charge < -0.3 is 10.6 Å². The molecular weight excluding hydrogens is 262 g/mol. The van der Waals surface area contributed by atoms with Crippen LogP contribution in [0, 0.1) is 0 Å². The molecule has 2 rings (SSSR count). The molecule has 2 unspecified atom stereocenters. The molecule has 0 radical (unpaired) electrons. The van der Waals surface area contributed by atoms with Crippen LogP contribution < -0.4 is 10.6 Å². The van der Waals surface area contributed by atoms with Gasteiger partial charge in [-0.3, -0.25) is 9.69 Å². The van der Waals surface area contributed by atoms with Crippen LogP contribution in [0.25, 0.3) is 0 Å². The average molecular weight is 289 g/mol.